The zero-order valence-electron chi connectivity index (χ0n) is 6.57. The highest BCUT2D eigenvalue weighted by molar-refractivity contribution is 9.10. The minimum atomic E-state index is -1.43. The fourth-order valence-electron chi connectivity index (χ4n) is 0.736. The lowest BCUT2D eigenvalue weighted by Crippen LogP contribution is -2.35. The number of alkyl halides is 1. The highest BCUT2D eigenvalue weighted by Crippen LogP contribution is 2.24. The molecule has 1 atom stereocenters. The van der Waals surface area contributed by atoms with Crippen molar-refractivity contribution in [1.29, 1.82) is 0 Å². The van der Waals surface area contributed by atoms with E-state index in [0.29, 0.717) is 12.8 Å². The molecule has 0 aliphatic rings. The minimum Gasteiger partial charge on any atom is -0.396 e. The summed E-state index contributed by atoms with van der Waals surface area (Å²) in [7, 11) is 0. The molecule has 0 amide bonds. The van der Waals surface area contributed by atoms with Crippen LogP contribution in [0.15, 0.2) is 0 Å². The molecule has 0 rings (SSSR count). The van der Waals surface area contributed by atoms with Crippen molar-refractivity contribution in [3.8, 4) is 0 Å². The largest absolute Gasteiger partial charge is 0.396 e. The van der Waals surface area contributed by atoms with E-state index >= 15 is 0 Å². The Morgan fingerprint density at radius 3 is 2.33 bits per heavy atom. The normalized spacial score (nSPS) is 15.6. The summed E-state index contributed by atoms with van der Waals surface area (Å²) < 4.78 is -1.43. The van der Waals surface area contributed by atoms with Crippen molar-refractivity contribution in [2.45, 2.75) is 23.7 Å². The summed E-state index contributed by atoms with van der Waals surface area (Å²) >= 11 is 2.85. The Kier molecular flexibility index (Phi) is 5.36. The number of halogens is 1. The van der Waals surface area contributed by atoms with Gasteiger partial charge in [-0.1, -0.05) is 0 Å². The van der Waals surface area contributed by atoms with Crippen LogP contribution in [0.2, 0.25) is 0 Å². The van der Waals surface area contributed by atoms with Crippen LogP contribution >= 0.6 is 15.9 Å². The summed E-state index contributed by atoms with van der Waals surface area (Å²) in [6, 6.07) is 0. The number of unbranched alkanes of at least 4 members (excludes halogenated alkanes) is 1. The molecule has 0 aliphatic heterocycles. The van der Waals surface area contributed by atoms with Crippen molar-refractivity contribution in [3.63, 3.8) is 0 Å². The Morgan fingerprint density at radius 1 is 1.42 bits per heavy atom. The van der Waals surface area contributed by atoms with Gasteiger partial charge < -0.3 is 10.2 Å². The van der Waals surface area contributed by atoms with E-state index in [-0.39, 0.29) is 13.0 Å². The third kappa shape index (κ3) is 3.46. The molecule has 0 aromatic carbocycles. The summed E-state index contributed by atoms with van der Waals surface area (Å²) in [5, 5.41) is 27.5. The lowest BCUT2D eigenvalue weighted by Gasteiger charge is -2.15. The van der Waals surface area contributed by atoms with E-state index in [0.717, 1.165) is 0 Å². The number of hydrogen-bond donors (Lipinski definition) is 2. The van der Waals surface area contributed by atoms with E-state index in [1.165, 1.54) is 0 Å². The Hall–Kier alpha value is -0.200. The first kappa shape index (κ1) is 11.8. The third-order valence-electron chi connectivity index (χ3n) is 1.54. The van der Waals surface area contributed by atoms with Crippen LogP contribution in [-0.4, -0.2) is 32.8 Å². The van der Waals surface area contributed by atoms with Crippen molar-refractivity contribution >= 4 is 15.9 Å². The lowest BCUT2D eigenvalue weighted by molar-refractivity contribution is -0.540. The number of hydrogen-bond acceptors (Lipinski definition) is 4. The second-order valence-corrected chi connectivity index (χ2v) is 3.99. The highest BCUT2D eigenvalue weighted by atomic mass is 79.9. The standard InChI is InChI=1S/C6H12BrNO4/c7-6(5-10,8(11)12)3-1-2-4-9/h9-10H,1-5H2. The van der Waals surface area contributed by atoms with Crippen LogP contribution in [0.1, 0.15) is 19.3 Å². The molecule has 0 aromatic rings. The molecular weight excluding hydrogens is 230 g/mol. The highest BCUT2D eigenvalue weighted by Gasteiger charge is 2.37. The maximum absolute atomic E-state index is 10.4. The molecule has 0 bridgehead atoms. The van der Waals surface area contributed by atoms with Crippen LogP contribution in [0.25, 0.3) is 0 Å². The first-order valence-electron chi connectivity index (χ1n) is 3.62. The minimum absolute atomic E-state index is 0.0201. The molecule has 0 spiro atoms. The van der Waals surface area contributed by atoms with Gasteiger partial charge in [0.25, 0.3) is 4.45 Å². The molecule has 12 heavy (non-hydrogen) atoms. The van der Waals surface area contributed by atoms with E-state index in [1.54, 1.807) is 0 Å². The van der Waals surface area contributed by atoms with E-state index in [2.05, 4.69) is 15.9 Å². The molecule has 5 nitrogen and oxygen atoms in total. The first-order chi connectivity index (χ1) is 5.56. The average Bonchev–Trinajstić information content (AvgIpc) is 2.04. The Bertz CT molecular complexity index is 154. The van der Waals surface area contributed by atoms with Crippen molar-refractivity contribution < 1.29 is 15.1 Å². The number of nitro groups is 1. The SMILES string of the molecule is O=[N+]([O-])C(Br)(CO)CCCCO. The molecule has 0 aromatic heterocycles. The van der Waals surface area contributed by atoms with Crippen molar-refractivity contribution in [2.75, 3.05) is 13.2 Å². The van der Waals surface area contributed by atoms with E-state index in [1.807, 2.05) is 0 Å². The summed E-state index contributed by atoms with van der Waals surface area (Å²) in [5.74, 6) is 0. The fraction of sp³-hybridized carbons (Fsp3) is 1.00. The molecule has 0 radical (unpaired) electrons. The number of aliphatic hydroxyl groups excluding tert-OH is 2. The average molecular weight is 242 g/mol. The Balaban J connectivity index is 3.88. The zero-order valence-corrected chi connectivity index (χ0v) is 8.16. The molecule has 72 valence electrons. The number of nitrogens with zero attached hydrogens (tertiary/aromatic N) is 1. The van der Waals surface area contributed by atoms with E-state index < -0.39 is 16.0 Å². The van der Waals surface area contributed by atoms with Gasteiger partial charge in [-0.2, -0.15) is 0 Å². The molecule has 1 unspecified atom stereocenters. The second-order valence-electron chi connectivity index (χ2n) is 2.51. The molecular formula is C6H12BrNO4. The van der Waals surface area contributed by atoms with E-state index in [4.69, 9.17) is 10.2 Å². The van der Waals surface area contributed by atoms with Crippen molar-refractivity contribution in [1.82, 2.24) is 0 Å². The molecule has 0 heterocycles. The molecule has 0 aliphatic carbocycles. The topological polar surface area (TPSA) is 83.6 Å². The zero-order chi connectivity index (χ0) is 9.61. The Morgan fingerprint density at radius 2 is 2.00 bits per heavy atom. The monoisotopic (exact) mass is 241 g/mol. The van der Waals surface area contributed by atoms with Gasteiger partial charge in [0.1, 0.15) is 6.61 Å². The fourth-order valence-corrected chi connectivity index (χ4v) is 1.02. The lowest BCUT2D eigenvalue weighted by atomic mass is 10.1. The van der Waals surface area contributed by atoms with Gasteiger partial charge in [0.05, 0.1) is 0 Å². The predicted octanol–water partition coefficient (Wildman–Crippen LogP) is 0.509. The molecule has 0 saturated heterocycles. The molecule has 6 heteroatoms. The van der Waals surface area contributed by atoms with Gasteiger partial charge in [-0.05, 0) is 12.8 Å². The third-order valence-corrected chi connectivity index (χ3v) is 2.47. The van der Waals surface area contributed by atoms with Gasteiger partial charge >= 0.3 is 0 Å². The number of aliphatic hydroxyl groups is 2. The van der Waals surface area contributed by atoms with Gasteiger partial charge in [0.15, 0.2) is 0 Å². The Labute approximate surface area is 78.7 Å². The maximum atomic E-state index is 10.4. The van der Waals surface area contributed by atoms with Crippen LogP contribution in [0, 0.1) is 10.1 Å². The van der Waals surface area contributed by atoms with Crippen LogP contribution in [0.5, 0.6) is 0 Å². The smallest absolute Gasteiger partial charge is 0.297 e. The van der Waals surface area contributed by atoms with Gasteiger partial charge in [-0.3, -0.25) is 10.1 Å². The van der Waals surface area contributed by atoms with Crippen LogP contribution in [0.3, 0.4) is 0 Å². The van der Waals surface area contributed by atoms with Crippen LogP contribution in [-0.2, 0) is 0 Å². The van der Waals surface area contributed by atoms with Crippen LogP contribution < -0.4 is 0 Å². The van der Waals surface area contributed by atoms with E-state index in [9.17, 15) is 10.1 Å². The summed E-state index contributed by atoms with van der Waals surface area (Å²) in [5.41, 5.74) is 0. The maximum Gasteiger partial charge on any atom is 0.297 e. The van der Waals surface area contributed by atoms with Crippen LogP contribution in [0.4, 0.5) is 0 Å². The van der Waals surface area contributed by atoms with Crippen molar-refractivity contribution in [3.05, 3.63) is 10.1 Å². The molecule has 0 saturated carbocycles. The molecule has 2 N–H and O–H groups in total. The predicted molar refractivity (Wildman–Crippen MR) is 46.7 cm³/mol. The molecule has 0 fully saturated rings. The van der Waals surface area contributed by atoms with Gasteiger partial charge in [0, 0.05) is 33.9 Å². The first-order valence-corrected chi connectivity index (χ1v) is 4.41. The summed E-state index contributed by atoms with van der Waals surface area (Å²) in [6.07, 6.45) is 1.25. The summed E-state index contributed by atoms with van der Waals surface area (Å²) in [4.78, 5) is 9.83. The summed E-state index contributed by atoms with van der Waals surface area (Å²) in [6.45, 7) is -0.516. The second kappa shape index (κ2) is 5.45. The van der Waals surface area contributed by atoms with Crippen molar-refractivity contribution in [2.24, 2.45) is 0 Å². The number of rotatable bonds is 6. The van der Waals surface area contributed by atoms with Gasteiger partial charge in [-0.25, -0.2) is 0 Å². The van der Waals surface area contributed by atoms with Gasteiger partial charge in [-0.15, -0.1) is 0 Å². The van der Waals surface area contributed by atoms with Gasteiger partial charge in [0.2, 0.25) is 0 Å². The quantitative estimate of drug-likeness (QED) is 0.233.